The summed E-state index contributed by atoms with van der Waals surface area (Å²) in [5, 5.41) is 0. The summed E-state index contributed by atoms with van der Waals surface area (Å²) in [6, 6.07) is 7.89. The first-order chi connectivity index (χ1) is 8.76. The molecule has 0 spiro atoms. The molecule has 0 aliphatic rings. The molecule has 4 nitrogen and oxygen atoms in total. The summed E-state index contributed by atoms with van der Waals surface area (Å²) >= 11 is 0. The number of aromatic nitrogens is 2. The fourth-order valence-electron chi connectivity index (χ4n) is 1.82. The van der Waals surface area contributed by atoms with Crippen molar-refractivity contribution < 1.29 is 4.74 Å². The van der Waals surface area contributed by atoms with Crippen LogP contribution in [0.5, 0.6) is 5.75 Å². The molecule has 0 saturated heterocycles. The van der Waals surface area contributed by atoms with Crippen LogP contribution in [0, 0.1) is 0 Å². The summed E-state index contributed by atoms with van der Waals surface area (Å²) in [5.74, 6) is 1.56. The molecule has 2 aromatic rings. The third kappa shape index (κ3) is 2.47. The van der Waals surface area contributed by atoms with Crippen molar-refractivity contribution in [2.24, 2.45) is 0 Å². The largest absolute Gasteiger partial charge is 0.494 e. The van der Waals surface area contributed by atoms with Crippen LogP contribution in [0.25, 0.3) is 11.3 Å². The van der Waals surface area contributed by atoms with Gasteiger partial charge in [0, 0.05) is 12.1 Å². The van der Waals surface area contributed by atoms with Crippen LogP contribution in [0.15, 0.2) is 30.6 Å². The van der Waals surface area contributed by atoms with Gasteiger partial charge in [-0.15, -0.1) is 0 Å². The molecule has 96 valence electrons. The van der Waals surface area contributed by atoms with Crippen LogP contribution in [0.3, 0.4) is 0 Å². The van der Waals surface area contributed by atoms with E-state index in [9.17, 15) is 0 Å². The zero-order chi connectivity index (χ0) is 13.0. The molecule has 1 aromatic heterocycles. The van der Waals surface area contributed by atoms with Crippen molar-refractivity contribution >= 4 is 5.82 Å². The van der Waals surface area contributed by atoms with Gasteiger partial charge in [0.25, 0.3) is 0 Å². The SMILES string of the molecule is CCCOc1cccc(-c2ncn(CC)c2N)c1. The van der Waals surface area contributed by atoms with Gasteiger partial charge in [0.1, 0.15) is 17.3 Å². The molecule has 0 saturated carbocycles. The molecule has 0 atom stereocenters. The van der Waals surface area contributed by atoms with Gasteiger partial charge in [0.05, 0.1) is 12.9 Å². The molecule has 2 rings (SSSR count). The van der Waals surface area contributed by atoms with E-state index in [4.69, 9.17) is 10.5 Å². The van der Waals surface area contributed by atoms with Gasteiger partial charge in [-0.3, -0.25) is 0 Å². The molecule has 0 radical (unpaired) electrons. The first-order valence-electron chi connectivity index (χ1n) is 6.30. The van der Waals surface area contributed by atoms with Crippen molar-refractivity contribution in [1.29, 1.82) is 0 Å². The average Bonchev–Trinajstić information content (AvgIpc) is 2.78. The minimum Gasteiger partial charge on any atom is -0.494 e. The third-order valence-corrected chi connectivity index (χ3v) is 2.80. The highest BCUT2D eigenvalue weighted by Gasteiger charge is 2.09. The number of nitrogens with two attached hydrogens (primary N) is 1. The molecule has 0 amide bonds. The molecule has 0 fully saturated rings. The molecule has 0 aliphatic heterocycles. The Labute approximate surface area is 107 Å². The van der Waals surface area contributed by atoms with Gasteiger partial charge < -0.3 is 15.0 Å². The van der Waals surface area contributed by atoms with E-state index < -0.39 is 0 Å². The third-order valence-electron chi connectivity index (χ3n) is 2.80. The second kappa shape index (κ2) is 5.58. The normalized spacial score (nSPS) is 10.6. The van der Waals surface area contributed by atoms with Crippen molar-refractivity contribution in [2.75, 3.05) is 12.3 Å². The molecule has 0 bridgehead atoms. The van der Waals surface area contributed by atoms with E-state index in [-0.39, 0.29) is 0 Å². The molecule has 18 heavy (non-hydrogen) atoms. The van der Waals surface area contributed by atoms with Crippen LogP contribution in [-0.4, -0.2) is 16.2 Å². The Hall–Kier alpha value is -1.97. The Morgan fingerprint density at radius 1 is 1.33 bits per heavy atom. The first kappa shape index (κ1) is 12.5. The average molecular weight is 245 g/mol. The summed E-state index contributed by atoms with van der Waals surface area (Å²) in [6.45, 7) is 5.68. The Morgan fingerprint density at radius 3 is 2.83 bits per heavy atom. The van der Waals surface area contributed by atoms with Gasteiger partial charge in [0.15, 0.2) is 0 Å². The topological polar surface area (TPSA) is 53.1 Å². The van der Waals surface area contributed by atoms with E-state index in [2.05, 4.69) is 11.9 Å². The lowest BCUT2D eigenvalue weighted by Gasteiger charge is -2.06. The predicted octanol–water partition coefficient (Wildman–Crippen LogP) is 2.94. The van der Waals surface area contributed by atoms with Crippen molar-refractivity contribution in [1.82, 2.24) is 9.55 Å². The quantitative estimate of drug-likeness (QED) is 0.881. The smallest absolute Gasteiger partial charge is 0.131 e. The number of nitrogen functional groups attached to an aromatic ring is 1. The highest BCUT2D eigenvalue weighted by Crippen LogP contribution is 2.27. The number of imidazole rings is 1. The summed E-state index contributed by atoms with van der Waals surface area (Å²) in [4.78, 5) is 4.36. The second-order valence-corrected chi connectivity index (χ2v) is 4.14. The second-order valence-electron chi connectivity index (χ2n) is 4.14. The maximum atomic E-state index is 6.06. The molecule has 0 unspecified atom stereocenters. The van der Waals surface area contributed by atoms with Crippen molar-refractivity contribution in [3.63, 3.8) is 0 Å². The van der Waals surface area contributed by atoms with Crippen LogP contribution < -0.4 is 10.5 Å². The monoisotopic (exact) mass is 245 g/mol. The van der Waals surface area contributed by atoms with Gasteiger partial charge in [-0.2, -0.15) is 0 Å². The first-order valence-corrected chi connectivity index (χ1v) is 6.30. The lowest BCUT2D eigenvalue weighted by Crippen LogP contribution is -1.99. The van der Waals surface area contributed by atoms with Crippen molar-refractivity contribution in [2.45, 2.75) is 26.8 Å². The van der Waals surface area contributed by atoms with Gasteiger partial charge in [-0.25, -0.2) is 4.98 Å². The number of ether oxygens (including phenoxy) is 1. The fourth-order valence-corrected chi connectivity index (χ4v) is 1.82. The number of nitrogens with zero attached hydrogens (tertiary/aromatic N) is 2. The van der Waals surface area contributed by atoms with Crippen molar-refractivity contribution in [3.8, 4) is 17.0 Å². The molecule has 1 heterocycles. The number of hydrogen-bond donors (Lipinski definition) is 1. The standard InChI is InChI=1S/C14H19N3O/c1-3-8-18-12-7-5-6-11(9-12)13-14(15)17(4-2)10-16-13/h5-7,9-10H,3-4,8,15H2,1-2H3. The van der Waals surface area contributed by atoms with E-state index in [0.717, 1.165) is 36.6 Å². The van der Waals surface area contributed by atoms with Gasteiger partial charge in [0.2, 0.25) is 0 Å². The van der Waals surface area contributed by atoms with Gasteiger partial charge in [-0.05, 0) is 25.5 Å². The van der Waals surface area contributed by atoms with Crippen LogP contribution in [0.4, 0.5) is 5.82 Å². The van der Waals surface area contributed by atoms with E-state index in [0.29, 0.717) is 5.82 Å². The van der Waals surface area contributed by atoms with Gasteiger partial charge >= 0.3 is 0 Å². The number of hydrogen-bond acceptors (Lipinski definition) is 3. The summed E-state index contributed by atoms with van der Waals surface area (Å²) in [6.07, 6.45) is 2.76. The Bertz CT molecular complexity index is 520. The number of benzene rings is 1. The lowest BCUT2D eigenvalue weighted by molar-refractivity contribution is 0.317. The van der Waals surface area contributed by atoms with Crippen LogP contribution >= 0.6 is 0 Å². The maximum absolute atomic E-state index is 6.06. The van der Waals surface area contributed by atoms with E-state index in [1.54, 1.807) is 6.33 Å². The summed E-state index contributed by atoms with van der Waals surface area (Å²) in [7, 11) is 0. The Balaban J connectivity index is 2.29. The molecule has 4 heteroatoms. The number of aryl methyl sites for hydroxylation is 1. The number of anilines is 1. The number of rotatable bonds is 5. The Kier molecular flexibility index (Phi) is 3.87. The minimum atomic E-state index is 0.699. The molecular weight excluding hydrogens is 226 g/mol. The molecule has 1 aromatic carbocycles. The van der Waals surface area contributed by atoms with Crippen LogP contribution in [0.1, 0.15) is 20.3 Å². The van der Waals surface area contributed by atoms with E-state index in [1.807, 2.05) is 35.8 Å². The van der Waals surface area contributed by atoms with Gasteiger partial charge in [-0.1, -0.05) is 19.1 Å². The highest BCUT2D eigenvalue weighted by atomic mass is 16.5. The van der Waals surface area contributed by atoms with E-state index >= 15 is 0 Å². The fraction of sp³-hybridized carbons (Fsp3) is 0.357. The Morgan fingerprint density at radius 2 is 2.17 bits per heavy atom. The molecule has 0 aliphatic carbocycles. The minimum absolute atomic E-state index is 0.699. The van der Waals surface area contributed by atoms with Crippen LogP contribution in [-0.2, 0) is 6.54 Å². The van der Waals surface area contributed by atoms with E-state index in [1.165, 1.54) is 0 Å². The molecular formula is C14H19N3O. The zero-order valence-corrected chi connectivity index (χ0v) is 10.9. The summed E-state index contributed by atoms with van der Waals surface area (Å²) < 4.78 is 7.54. The summed E-state index contributed by atoms with van der Waals surface area (Å²) in [5.41, 5.74) is 7.87. The van der Waals surface area contributed by atoms with Crippen LogP contribution in [0.2, 0.25) is 0 Å². The zero-order valence-electron chi connectivity index (χ0n) is 10.9. The highest BCUT2D eigenvalue weighted by molar-refractivity contribution is 5.71. The lowest BCUT2D eigenvalue weighted by atomic mass is 10.1. The van der Waals surface area contributed by atoms with Crippen molar-refractivity contribution in [3.05, 3.63) is 30.6 Å². The predicted molar refractivity (Wildman–Crippen MR) is 73.5 cm³/mol. The molecule has 2 N–H and O–H groups in total. The maximum Gasteiger partial charge on any atom is 0.131 e.